The second-order valence-electron chi connectivity index (χ2n) is 7.75. The number of fused-ring (bicyclic) bond motifs is 1. The van der Waals surface area contributed by atoms with Crippen LogP contribution in [0.2, 0.25) is 0 Å². The second kappa shape index (κ2) is 7.71. The molecule has 0 bridgehead atoms. The molecular formula is C20H23F3N2O2S. The van der Waals surface area contributed by atoms with Crippen LogP contribution in [0.1, 0.15) is 46.7 Å². The molecule has 1 aromatic carbocycles. The highest BCUT2D eigenvalue weighted by atomic mass is 32.2. The monoisotopic (exact) mass is 412 g/mol. The van der Waals surface area contributed by atoms with Crippen LogP contribution >= 0.6 is 11.8 Å². The fourth-order valence-corrected chi connectivity index (χ4v) is 5.51. The highest BCUT2D eigenvalue weighted by Crippen LogP contribution is 2.39. The molecule has 0 spiro atoms. The molecule has 0 radical (unpaired) electrons. The largest absolute Gasteiger partial charge is 0.416 e. The number of ketones is 1. The topological polar surface area (TPSA) is 40.6 Å². The van der Waals surface area contributed by atoms with Gasteiger partial charge < -0.3 is 9.80 Å². The van der Waals surface area contributed by atoms with E-state index in [0.717, 1.165) is 43.3 Å². The molecule has 1 aromatic rings. The lowest BCUT2D eigenvalue weighted by Gasteiger charge is -2.39. The molecule has 4 rings (SSSR count). The van der Waals surface area contributed by atoms with Gasteiger partial charge in [-0.05, 0) is 43.6 Å². The fraction of sp³-hybridized carbons (Fsp3) is 0.600. The molecule has 3 aliphatic rings. The lowest BCUT2D eigenvalue weighted by molar-refractivity contribution is -0.137. The van der Waals surface area contributed by atoms with E-state index in [1.54, 1.807) is 0 Å². The van der Waals surface area contributed by atoms with Crippen LogP contribution in [0, 0.1) is 0 Å². The number of halogens is 3. The Hall–Kier alpha value is -1.54. The van der Waals surface area contributed by atoms with Crippen LogP contribution in [-0.4, -0.2) is 65.2 Å². The number of hydrogen-bond acceptors (Lipinski definition) is 4. The molecule has 2 fully saturated rings. The van der Waals surface area contributed by atoms with E-state index in [4.69, 9.17) is 0 Å². The minimum absolute atomic E-state index is 0.0322. The summed E-state index contributed by atoms with van der Waals surface area (Å²) in [6, 6.07) is 3.29. The molecule has 2 atom stereocenters. The van der Waals surface area contributed by atoms with Crippen molar-refractivity contribution in [1.29, 1.82) is 0 Å². The Bertz CT molecular complexity index is 777. The lowest BCUT2D eigenvalue weighted by atomic mass is 9.97. The number of benzene rings is 1. The normalized spacial score (nSPS) is 26.0. The Morgan fingerprint density at radius 3 is 2.64 bits per heavy atom. The van der Waals surface area contributed by atoms with Crippen molar-refractivity contribution in [3.05, 3.63) is 34.9 Å². The average Bonchev–Trinajstić information content (AvgIpc) is 3.29. The number of amides is 1. The molecule has 2 unspecified atom stereocenters. The third kappa shape index (κ3) is 3.81. The van der Waals surface area contributed by atoms with Crippen molar-refractivity contribution in [2.45, 2.75) is 37.4 Å². The molecule has 152 valence electrons. The van der Waals surface area contributed by atoms with Gasteiger partial charge in [0.25, 0.3) is 0 Å². The third-order valence-electron chi connectivity index (χ3n) is 5.92. The Morgan fingerprint density at radius 1 is 1.18 bits per heavy atom. The number of likely N-dealkylation sites (tertiary alicyclic amines) is 1. The first-order chi connectivity index (χ1) is 13.3. The van der Waals surface area contributed by atoms with Gasteiger partial charge in [-0.3, -0.25) is 9.59 Å². The standard InChI is InChI=1S/C20H23F3N2O2S/c21-20(22,23)13-3-4-15-16(9-13)18(26)10-17(15)19(27)25-7-8-28-12-14(25)11-24-5-1-2-6-24/h3-4,9,14,17H,1-2,5-8,10-12H2. The minimum Gasteiger partial charge on any atom is -0.336 e. The first-order valence-electron chi connectivity index (χ1n) is 9.69. The van der Waals surface area contributed by atoms with Crippen molar-refractivity contribution in [3.8, 4) is 0 Å². The average molecular weight is 412 g/mol. The van der Waals surface area contributed by atoms with Gasteiger partial charge in [0.05, 0.1) is 17.5 Å². The Kier molecular flexibility index (Phi) is 5.44. The molecule has 0 saturated carbocycles. The van der Waals surface area contributed by atoms with E-state index in [2.05, 4.69) is 4.90 Å². The molecule has 2 aliphatic heterocycles. The fourth-order valence-electron chi connectivity index (χ4n) is 4.46. The molecule has 1 aliphatic carbocycles. The van der Waals surface area contributed by atoms with E-state index in [0.29, 0.717) is 12.1 Å². The number of carbonyl (C=O) groups is 2. The molecule has 2 saturated heterocycles. The SMILES string of the molecule is O=C1CC(C(=O)N2CCSCC2CN2CCCC2)c2ccc(C(F)(F)F)cc21. The van der Waals surface area contributed by atoms with Crippen molar-refractivity contribution in [3.63, 3.8) is 0 Å². The highest BCUT2D eigenvalue weighted by Gasteiger charge is 2.41. The Balaban J connectivity index is 1.55. The second-order valence-corrected chi connectivity index (χ2v) is 8.90. The Labute approximate surface area is 166 Å². The predicted molar refractivity (Wildman–Crippen MR) is 102 cm³/mol. The molecule has 4 nitrogen and oxygen atoms in total. The van der Waals surface area contributed by atoms with E-state index < -0.39 is 17.7 Å². The van der Waals surface area contributed by atoms with E-state index in [-0.39, 0.29) is 29.7 Å². The molecule has 28 heavy (non-hydrogen) atoms. The van der Waals surface area contributed by atoms with Crippen molar-refractivity contribution in [2.75, 3.05) is 37.7 Å². The van der Waals surface area contributed by atoms with Gasteiger partial charge in [0, 0.05) is 36.6 Å². The van der Waals surface area contributed by atoms with Gasteiger partial charge in [-0.25, -0.2) is 0 Å². The van der Waals surface area contributed by atoms with Crippen LogP contribution < -0.4 is 0 Å². The van der Waals surface area contributed by atoms with Gasteiger partial charge in [0.1, 0.15) is 0 Å². The minimum atomic E-state index is -4.50. The number of carbonyl (C=O) groups excluding carboxylic acids is 2. The van der Waals surface area contributed by atoms with Gasteiger partial charge in [0.2, 0.25) is 5.91 Å². The highest BCUT2D eigenvalue weighted by molar-refractivity contribution is 7.99. The number of thioether (sulfide) groups is 1. The van der Waals surface area contributed by atoms with Crippen LogP contribution in [0.15, 0.2) is 18.2 Å². The smallest absolute Gasteiger partial charge is 0.336 e. The molecule has 0 aromatic heterocycles. The Morgan fingerprint density at radius 2 is 1.93 bits per heavy atom. The van der Waals surface area contributed by atoms with Gasteiger partial charge in [-0.2, -0.15) is 24.9 Å². The predicted octanol–water partition coefficient (Wildman–Crippen LogP) is 3.42. The maximum absolute atomic E-state index is 13.3. The molecular weight excluding hydrogens is 389 g/mol. The van der Waals surface area contributed by atoms with Crippen LogP contribution in [0.4, 0.5) is 13.2 Å². The summed E-state index contributed by atoms with van der Waals surface area (Å²) in [5.41, 5.74) is -0.342. The van der Waals surface area contributed by atoms with E-state index in [1.807, 2.05) is 16.7 Å². The summed E-state index contributed by atoms with van der Waals surface area (Å²) in [6.45, 7) is 3.56. The zero-order chi connectivity index (χ0) is 19.9. The summed E-state index contributed by atoms with van der Waals surface area (Å²) >= 11 is 1.83. The third-order valence-corrected chi connectivity index (χ3v) is 7.01. The van der Waals surface area contributed by atoms with Crippen molar-refractivity contribution in [1.82, 2.24) is 9.80 Å². The van der Waals surface area contributed by atoms with Crippen LogP contribution in [0.5, 0.6) is 0 Å². The summed E-state index contributed by atoms with van der Waals surface area (Å²) < 4.78 is 38.9. The zero-order valence-corrected chi connectivity index (χ0v) is 16.3. The molecule has 1 amide bonds. The summed E-state index contributed by atoms with van der Waals surface area (Å²) in [5, 5.41) is 0. The van der Waals surface area contributed by atoms with Gasteiger partial charge in [0.15, 0.2) is 5.78 Å². The quantitative estimate of drug-likeness (QED) is 0.763. The van der Waals surface area contributed by atoms with E-state index in [9.17, 15) is 22.8 Å². The molecule has 8 heteroatoms. The van der Waals surface area contributed by atoms with Gasteiger partial charge >= 0.3 is 6.18 Å². The first-order valence-corrected chi connectivity index (χ1v) is 10.8. The number of nitrogens with zero attached hydrogens (tertiary/aromatic N) is 2. The number of Topliss-reactive ketones (excluding diaryl/α,β-unsaturated/α-hetero) is 1. The van der Waals surface area contributed by atoms with Gasteiger partial charge in [-0.15, -0.1) is 0 Å². The van der Waals surface area contributed by atoms with Crippen LogP contribution in [-0.2, 0) is 11.0 Å². The summed E-state index contributed by atoms with van der Waals surface area (Å²) in [4.78, 5) is 29.9. The van der Waals surface area contributed by atoms with Crippen molar-refractivity contribution in [2.24, 2.45) is 0 Å². The zero-order valence-electron chi connectivity index (χ0n) is 15.5. The number of alkyl halides is 3. The lowest BCUT2D eigenvalue weighted by Crippen LogP contribution is -2.52. The summed E-state index contributed by atoms with van der Waals surface area (Å²) in [6.07, 6.45) is -2.17. The molecule has 2 heterocycles. The van der Waals surface area contributed by atoms with Crippen LogP contribution in [0.25, 0.3) is 0 Å². The maximum Gasteiger partial charge on any atom is 0.416 e. The summed E-state index contributed by atoms with van der Waals surface area (Å²) in [7, 11) is 0. The van der Waals surface area contributed by atoms with Crippen molar-refractivity contribution < 1.29 is 22.8 Å². The van der Waals surface area contributed by atoms with E-state index in [1.165, 1.54) is 18.9 Å². The first kappa shape index (κ1) is 19.8. The summed E-state index contributed by atoms with van der Waals surface area (Å²) in [5.74, 6) is 0.568. The van der Waals surface area contributed by atoms with Gasteiger partial charge in [-0.1, -0.05) is 6.07 Å². The van der Waals surface area contributed by atoms with E-state index >= 15 is 0 Å². The number of hydrogen-bond donors (Lipinski definition) is 0. The van der Waals surface area contributed by atoms with Crippen molar-refractivity contribution >= 4 is 23.5 Å². The van der Waals surface area contributed by atoms with Crippen LogP contribution in [0.3, 0.4) is 0 Å². The molecule has 0 N–H and O–H groups in total. The number of rotatable bonds is 3. The maximum atomic E-state index is 13.3.